The van der Waals surface area contributed by atoms with Gasteiger partial charge in [0.25, 0.3) is 0 Å². The SMILES string of the molecule is C=CCc1ccccc1N(C(=C)C)C(=O)OC(C)(C)C. The highest BCUT2D eigenvalue weighted by Crippen LogP contribution is 2.26. The molecular formula is C17H23NO2. The van der Waals surface area contributed by atoms with E-state index in [1.807, 2.05) is 51.1 Å². The van der Waals surface area contributed by atoms with Crippen LogP contribution in [0.4, 0.5) is 10.5 Å². The van der Waals surface area contributed by atoms with E-state index in [1.165, 1.54) is 4.90 Å². The molecule has 0 heterocycles. The minimum absolute atomic E-state index is 0.415. The number of hydrogen-bond acceptors (Lipinski definition) is 2. The third-order valence-electron chi connectivity index (χ3n) is 2.55. The van der Waals surface area contributed by atoms with Gasteiger partial charge in [-0.15, -0.1) is 6.58 Å². The number of allylic oxidation sites excluding steroid dienone is 2. The molecule has 0 spiro atoms. The van der Waals surface area contributed by atoms with E-state index in [2.05, 4.69) is 13.2 Å². The molecule has 1 aromatic carbocycles. The largest absolute Gasteiger partial charge is 0.443 e. The number of rotatable bonds is 4. The summed E-state index contributed by atoms with van der Waals surface area (Å²) in [4.78, 5) is 13.9. The van der Waals surface area contributed by atoms with E-state index in [1.54, 1.807) is 6.92 Å². The average molecular weight is 273 g/mol. The Morgan fingerprint density at radius 3 is 2.45 bits per heavy atom. The highest BCUT2D eigenvalue weighted by Gasteiger charge is 2.25. The van der Waals surface area contributed by atoms with Crippen molar-refractivity contribution in [3.63, 3.8) is 0 Å². The highest BCUT2D eigenvalue weighted by atomic mass is 16.6. The van der Waals surface area contributed by atoms with E-state index in [9.17, 15) is 4.79 Å². The molecule has 0 aliphatic carbocycles. The maximum absolute atomic E-state index is 12.4. The topological polar surface area (TPSA) is 29.5 Å². The van der Waals surface area contributed by atoms with Gasteiger partial charge in [0.15, 0.2) is 0 Å². The molecule has 0 unspecified atom stereocenters. The maximum Gasteiger partial charge on any atom is 0.419 e. The summed E-state index contributed by atoms with van der Waals surface area (Å²) in [5.74, 6) is 0. The average Bonchev–Trinajstić information content (AvgIpc) is 2.29. The first kappa shape index (κ1) is 16.0. The number of amides is 1. The highest BCUT2D eigenvalue weighted by molar-refractivity contribution is 5.92. The smallest absolute Gasteiger partial charge is 0.419 e. The number of benzene rings is 1. The van der Waals surface area contributed by atoms with Crippen molar-refractivity contribution in [2.24, 2.45) is 0 Å². The Bertz CT molecular complexity index is 512. The van der Waals surface area contributed by atoms with Gasteiger partial charge in [0.2, 0.25) is 0 Å². The Balaban J connectivity index is 3.18. The lowest BCUT2D eigenvalue weighted by molar-refractivity contribution is 0.0592. The predicted molar refractivity (Wildman–Crippen MR) is 83.9 cm³/mol. The van der Waals surface area contributed by atoms with Crippen molar-refractivity contribution in [3.05, 3.63) is 54.8 Å². The van der Waals surface area contributed by atoms with Crippen molar-refractivity contribution < 1.29 is 9.53 Å². The van der Waals surface area contributed by atoms with Gasteiger partial charge >= 0.3 is 6.09 Å². The Morgan fingerprint density at radius 1 is 1.35 bits per heavy atom. The molecular weight excluding hydrogens is 250 g/mol. The molecule has 20 heavy (non-hydrogen) atoms. The van der Waals surface area contributed by atoms with Gasteiger partial charge in [0.05, 0.1) is 5.69 Å². The van der Waals surface area contributed by atoms with Gasteiger partial charge in [-0.1, -0.05) is 30.9 Å². The molecule has 3 heteroatoms. The Morgan fingerprint density at radius 2 is 1.95 bits per heavy atom. The zero-order chi connectivity index (χ0) is 15.3. The van der Waals surface area contributed by atoms with Crippen LogP contribution in [0.2, 0.25) is 0 Å². The lowest BCUT2D eigenvalue weighted by Gasteiger charge is -2.28. The van der Waals surface area contributed by atoms with Gasteiger partial charge in [-0.25, -0.2) is 4.79 Å². The lowest BCUT2D eigenvalue weighted by atomic mass is 10.1. The minimum atomic E-state index is -0.543. The van der Waals surface area contributed by atoms with Crippen molar-refractivity contribution >= 4 is 11.8 Å². The standard InChI is InChI=1S/C17H23NO2/c1-7-10-14-11-8-9-12-15(14)18(13(2)3)16(19)20-17(4,5)6/h7-9,11-12H,1-2,10H2,3-6H3. The van der Waals surface area contributed by atoms with Crippen molar-refractivity contribution in [2.45, 2.75) is 39.7 Å². The third-order valence-corrected chi connectivity index (χ3v) is 2.55. The van der Waals surface area contributed by atoms with Crippen molar-refractivity contribution in [2.75, 3.05) is 4.90 Å². The number of carbonyl (C=O) groups excluding carboxylic acids is 1. The molecule has 108 valence electrons. The van der Waals surface area contributed by atoms with E-state index < -0.39 is 11.7 Å². The molecule has 0 saturated carbocycles. The third kappa shape index (κ3) is 4.26. The second-order valence-electron chi connectivity index (χ2n) is 5.67. The molecule has 0 N–H and O–H groups in total. The Kier molecular flexibility index (Phi) is 5.14. The van der Waals surface area contributed by atoms with Gasteiger partial charge < -0.3 is 4.74 Å². The van der Waals surface area contributed by atoms with Crippen LogP contribution < -0.4 is 4.90 Å². The zero-order valence-electron chi connectivity index (χ0n) is 12.8. The quantitative estimate of drug-likeness (QED) is 0.745. The molecule has 0 aliphatic rings. The van der Waals surface area contributed by atoms with Crippen LogP contribution >= 0.6 is 0 Å². The molecule has 0 aliphatic heterocycles. The zero-order valence-corrected chi connectivity index (χ0v) is 12.8. The summed E-state index contributed by atoms with van der Waals surface area (Å²) in [7, 11) is 0. The number of para-hydroxylation sites is 1. The van der Waals surface area contributed by atoms with Crippen LogP contribution in [0, 0.1) is 0 Å². The molecule has 0 aromatic heterocycles. The molecule has 0 bridgehead atoms. The molecule has 1 amide bonds. The summed E-state index contributed by atoms with van der Waals surface area (Å²) in [6.07, 6.45) is 2.08. The summed E-state index contributed by atoms with van der Waals surface area (Å²) in [5.41, 5.74) is 1.87. The maximum atomic E-state index is 12.4. The summed E-state index contributed by atoms with van der Waals surface area (Å²) in [6.45, 7) is 15.0. The predicted octanol–water partition coefficient (Wildman–Crippen LogP) is 4.69. The number of anilines is 1. The van der Waals surface area contributed by atoms with Crippen molar-refractivity contribution in [1.29, 1.82) is 0 Å². The van der Waals surface area contributed by atoms with Crippen molar-refractivity contribution in [3.8, 4) is 0 Å². The van der Waals surface area contributed by atoms with E-state index in [4.69, 9.17) is 4.74 Å². The first-order valence-corrected chi connectivity index (χ1v) is 6.63. The van der Waals surface area contributed by atoms with Crippen LogP contribution in [0.1, 0.15) is 33.3 Å². The van der Waals surface area contributed by atoms with E-state index in [-0.39, 0.29) is 0 Å². The summed E-state index contributed by atoms with van der Waals surface area (Å²) in [5, 5.41) is 0. The number of hydrogen-bond donors (Lipinski definition) is 0. The first-order chi connectivity index (χ1) is 9.26. The molecule has 0 atom stereocenters. The molecule has 1 aromatic rings. The summed E-state index contributed by atoms with van der Waals surface area (Å²) in [6, 6.07) is 7.69. The normalized spacial score (nSPS) is 10.8. The summed E-state index contributed by atoms with van der Waals surface area (Å²) < 4.78 is 5.45. The van der Waals surface area contributed by atoms with Crippen LogP contribution in [-0.4, -0.2) is 11.7 Å². The van der Waals surface area contributed by atoms with Gasteiger partial charge in [-0.05, 0) is 45.7 Å². The van der Waals surface area contributed by atoms with Gasteiger partial charge in [0.1, 0.15) is 5.60 Å². The second kappa shape index (κ2) is 6.42. The molecule has 0 saturated heterocycles. The molecule has 1 rings (SSSR count). The van der Waals surface area contributed by atoms with Crippen LogP contribution in [0.15, 0.2) is 49.2 Å². The number of carbonyl (C=O) groups is 1. The Labute approximate surface area is 121 Å². The number of nitrogens with zero attached hydrogens (tertiary/aromatic N) is 1. The Hall–Kier alpha value is -2.03. The fourth-order valence-corrected chi connectivity index (χ4v) is 1.82. The van der Waals surface area contributed by atoms with Crippen LogP contribution in [0.3, 0.4) is 0 Å². The summed E-state index contributed by atoms with van der Waals surface area (Å²) >= 11 is 0. The second-order valence-corrected chi connectivity index (χ2v) is 5.67. The number of ether oxygens (including phenoxy) is 1. The molecule has 0 fully saturated rings. The monoisotopic (exact) mass is 273 g/mol. The molecule has 0 radical (unpaired) electrons. The van der Waals surface area contributed by atoms with Crippen molar-refractivity contribution in [1.82, 2.24) is 0 Å². The minimum Gasteiger partial charge on any atom is -0.443 e. The van der Waals surface area contributed by atoms with Crippen LogP contribution in [-0.2, 0) is 11.2 Å². The van der Waals surface area contributed by atoms with Crippen LogP contribution in [0.25, 0.3) is 0 Å². The lowest BCUT2D eigenvalue weighted by Crippen LogP contribution is -2.36. The fraction of sp³-hybridized carbons (Fsp3) is 0.353. The van der Waals surface area contributed by atoms with E-state index >= 15 is 0 Å². The van der Waals surface area contributed by atoms with Gasteiger partial charge in [0, 0.05) is 5.70 Å². The fourth-order valence-electron chi connectivity index (χ4n) is 1.82. The van der Waals surface area contributed by atoms with Gasteiger partial charge in [-0.3, -0.25) is 4.90 Å². The van der Waals surface area contributed by atoms with Gasteiger partial charge in [-0.2, -0.15) is 0 Å². The first-order valence-electron chi connectivity index (χ1n) is 6.63. The van der Waals surface area contributed by atoms with Crippen LogP contribution in [0.5, 0.6) is 0 Å². The molecule has 3 nitrogen and oxygen atoms in total. The van der Waals surface area contributed by atoms with E-state index in [0.29, 0.717) is 12.1 Å². The van der Waals surface area contributed by atoms with E-state index in [0.717, 1.165) is 11.3 Å².